The van der Waals surface area contributed by atoms with Gasteiger partial charge in [-0.05, 0) is 12.1 Å². The molecule has 0 saturated carbocycles. The number of aromatic nitrogens is 1. The summed E-state index contributed by atoms with van der Waals surface area (Å²) in [4.78, 5) is 15.1. The number of thioether (sulfide) groups is 2. The minimum atomic E-state index is -0.914. The summed E-state index contributed by atoms with van der Waals surface area (Å²) < 4.78 is 0. The molecule has 2 N–H and O–H groups in total. The van der Waals surface area contributed by atoms with E-state index in [-0.39, 0.29) is 5.56 Å². The molecule has 1 aliphatic rings. The number of carboxylic acid groups (broad SMARTS) is 1. The average molecular weight is 284 g/mol. The molecule has 0 radical (unpaired) electrons. The Labute approximate surface area is 115 Å². The summed E-state index contributed by atoms with van der Waals surface area (Å²) in [5, 5.41) is 13.0. The monoisotopic (exact) mass is 284 g/mol. The number of nitrogens with zero attached hydrogens (tertiary/aromatic N) is 1. The Bertz CT molecular complexity index is 409. The van der Waals surface area contributed by atoms with Crippen LogP contribution < -0.4 is 5.32 Å². The molecule has 1 aromatic rings. The molecule has 1 atom stereocenters. The summed E-state index contributed by atoms with van der Waals surface area (Å²) in [6, 6.07) is 3.25. The van der Waals surface area contributed by atoms with Gasteiger partial charge in [0.05, 0.1) is 11.3 Å². The van der Waals surface area contributed by atoms with Crippen molar-refractivity contribution in [3.8, 4) is 0 Å². The SMILES string of the molecule is O=C(O)c1cccnc1CNCC1CSCCS1. The normalized spacial score (nSPS) is 19.7. The van der Waals surface area contributed by atoms with E-state index in [1.807, 2.05) is 23.5 Å². The van der Waals surface area contributed by atoms with Gasteiger partial charge in [0, 0.05) is 41.8 Å². The molecule has 98 valence electrons. The fraction of sp³-hybridized carbons (Fsp3) is 0.500. The quantitative estimate of drug-likeness (QED) is 0.858. The second-order valence-corrected chi connectivity index (χ2v) is 6.56. The zero-order valence-corrected chi connectivity index (χ0v) is 11.6. The fourth-order valence-electron chi connectivity index (χ4n) is 1.78. The lowest BCUT2D eigenvalue weighted by Gasteiger charge is -2.21. The van der Waals surface area contributed by atoms with Gasteiger partial charge in [-0.15, -0.1) is 0 Å². The third-order valence-electron chi connectivity index (χ3n) is 2.67. The van der Waals surface area contributed by atoms with Crippen molar-refractivity contribution in [1.29, 1.82) is 0 Å². The zero-order chi connectivity index (χ0) is 12.8. The fourth-order valence-corrected chi connectivity index (χ4v) is 4.43. The van der Waals surface area contributed by atoms with Crippen LogP contribution in [-0.4, -0.2) is 45.1 Å². The molecule has 2 heterocycles. The third kappa shape index (κ3) is 3.90. The molecule has 0 aliphatic carbocycles. The summed E-state index contributed by atoms with van der Waals surface area (Å²) in [5.41, 5.74) is 0.897. The van der Waals surface area contributed by atoms with Gasteiger partial charge >= 0.3 is 5.97 Å². The smallest absolute Gasteiger partial charge is 0.337 e. The number of hydrogen-bond donors (Lipinski definition) is 2. The van der Waals surface area contributed by atoms with Crippen LogP contribution >= 0.6 is 23.5 Å². The van der Waals surface area contributed by atoms with Gasteiger partial charge in [-0.2, -0.15) is 23.5 Å². The van der Waals surface area contributed by atoms with Crippen molar-refractivity contribution in [2.45, 2.75) is 11.8 Å². The number of carbonyl (C=O) groups is 1. The summed E-state index contributed by atoms with van der Waals surface area (Å²) >= 11 is 3.98. The Morgan fingerprint density at radius 3 is 3.17 bits per heavy atom. The molecule has 4 nitrogen and oxygen atoms in total. The maximum atomic E-state index is 11.0. The molecule has 2 rings (SSSR count). The van der Waals surface area contributed by atoms with E-state index in [0.717, 1.165) is 6.54 Å². The number of hydrogen-bond acceptors (Lipinski definition) is 5. The Hall–Kier alpha value is -0.720. The summed E-state index contributed by atoms with van der Waals surface area (Å²) in [7, 11) is 0. The standard InChI is InChI=1S/C12H16N2O2S2/c15-12(16)10-2-1-3-14-11(10)7-13-6-9-8-17-4-5-18-9/h1-3,9,13H,4-8H2,(H,15,16). The molecular formula is C12H16N2O2S2. The summed E-state index contributed by atoms with van der Waals surface area (Å²) in [5.74, 6) is 2.71. The Kier molecular flexibility index (Phi) is 5.34. The number of rotatable bonds is 5. The average Bonchev–Trinajstić information content (AvgIpc) is 2.40. The van der Waals surface area contributed by atoms with Crippen LogP contribution in [0.15, 0.2) is 18.3 Å². The van der Waals surface area contributed by atoms with E-state index in [2.05, 4.69) is 10.3 Å². The van der Waals surface area contributed by atoms with Crippen molar-refractivity contribution in [2.24, 2.45) is 0 Å². The van der Waals surface area contributed by atoms with Gasteiger partial charge in [-0.25, -0.2) is 4.79 Å². The van der Waals surface area contributed by atoms with Crippen molar-refractivity contribution in [3.63, 3.8) is 0 Å². The lowest BCUT2D eigenvalue weighted by Crippen LogP contribution is -2.29. The van der Waals surface area contributed by atoms with Gasteiger partial charge in [-0.1, -0.05) is 0 Å². The molecule has 0 amide bonds. The molecular weight excluding hydrogens is 268 g/mol. The molecule has 0 bridgehead atoms. The van der Waals surface area contributed by atoms with E-state index in [1.165, 1.54) is 17.3 Å². The molecule has 0 aromatic carbocycles. The van der Waals surface area contributed by atoms with E-state index in [9.17, 15) is 4.79 Å². The number of carboxylic acids is 1. The van der Waals surface area contributed by atoms with Crippen LogP contribution in [0.5, 0.6) is 0 Å². The van der Waals surface area contributed by atoms with Crippen molar-refractivity contribution < 1.29 is 9.90 Å². The van der Waals surface area contributed by atoms with Crippen molar-refractivity contribution in [3.05, 3.63) is 29.6 Å². The maximum absolute atomic E-state index is 11.0. The van der Waals surface area contributed by atoms with Crippen LogP contribution in [0.1, 0.15) is 16.1 Å². The lowest BCUT2D eigenvalue weighted by atomic mass is 10.2. The maximum Gasteiger partial charge on any atom is 0.337 e. The number of pyridine rings is 1. The van der Waals surface area contributed by atoms with E-state index < -0.39 is 5.97 Å². The largest absolute Gasteiger partial charge is 0.478 e. The zero-order valence-electron chi connectivity index (χ0n) is 9.96. The van der Waals surface area contributed by atoms with Crippen molar-refractivity contribution in [2.75, 3.05) is 23.8 Å². The summed E-state index contributed by atoms with van der Waals surface area (Å²) in [6.45, 7) is 1.43. The molecule has 1 fully saturated rings. The molecule has 1 aliphatic heterocycles. The Morgan fingerprint density at radius 1 is 1.56 bits per heavy atom. The van der Waals surface area contributed by atoms with Gasteiger partial charge < -0.3 is 10.4 Å². The minimum absolute atomic E-state index is 0.288. The summed E-state index contributed by atoms with van der Waals surface area (Å²) in [6.07, 6.45) is 1.63. The molecule has 6 heteroatoms. The lowest BCUT2D eigenvalue weighted by molar-refractivity contribution is 0.0695. The van der Waals surface area contributed by atoms with Gasteiger partial charge in [0.15, 0.2) is 0 Å². The molecule has 1 aromatic heterocycles. The van der Waals surface area contributed by atoms with Crippen molar-refractivity contribution in [1.82, 2.24) is 10.3 Å². The van der Waals surface area contributed by atoms with E-state index >= 15 is 0 Å². The molecule has 18 heavy (non-hydrogen) atoms. The van der Waals surface area contributed by atoms with E-state index in [0.29, 0.717) is 17.5 Å². The predicted octanol–water partition coefficient (Wildman–Crippen LogP) is 1.72. The van der Waals surface area contributed by atoms with Gasteiger partial charge in [-0.3, -0.25) is 4.98 Å². The predicted molar refractivity (Wildman–Crippen MR) is 76.5 cm³/mol. The second-order valence-electron chi connectivity index (χ2n) is 4.00. The highest BCUT2D eigenvalue weighted by Crippen LogP contribution is 2.23. The van der Waals surface area contributed by atoms with Crippen LogP contribution in [0, 0.1) is 0 Å². The highest BCUT2D eigenvalue weighted by atomic mass is 32.2. The molecule has 1 saturated heterocycles. The van der Waals surface area contributed by atoms with E-state index in [1.54, 1.807) is 18.3 Å². The highest BCUT2D eigenvalue weighted by Gasteiger charge is 2.15. The first kappa shape index (κ1) is 13.7. The number of nitrogens with one attached hydrogen (secondary N) is 1. The van der Waals surface area contributed by atoms with Gasteiger partial charge in [0.1, 0.15) is 0 Å². The van der Waals surface area contributed by atoms with E-state index in [4.69, 9.17) is 5.11 Å². The minimum Gasteiger partial charge on any atom is -0.478 e. The van der Waals surface area contributed by atoms with Crippen molar-refractivity contribution >= 4 is 29.5 Å². The highest BCUT2D eigenvalue weighted by molar-refractivity contribution is 8.06. The van der Waals surface area contributed by atoms with Crippen LogP contribution in [0.2, 0.25) is 0 Å². The topological polar surface area (TPSA) is 62.2 Å². The first-order chi connectivity index (χ1) is 8.77. The number of aromatic carboxylic acids is 1. The van der Waals surface area contributed by atoms with Crippen LogP contribution in [-0.2, 0) is 6.54 Å². The molecule has 0 spiro atoms. The van der Waals surface area contributed by atoms with Crippen LogP contribution in [0.25, 0.3) is 0 Å². The third-order valence-corrected chi connectivity index (χ3v) is 5.51. The Balaban J connectivity index is 1.84. The van der Waals surface area contributed by atoms with Gasteiger partial charge in [0.2, 0.25) is 0 Å². The Morgan fingerprint density at radius 2 is 2.44 bits per heavy atom. The van der Waals surface area contributed by atoms with Gasteiger partial charge in [0.25, 0.3) is 0 Å². The first-order valence-corrected chi connectivity index (χ1v) is 8.05. The molecule has 1 unspecified atom stereocenters. The van der Waals surface area contributed by atoms with Crippen LogP contribution in [0.4, 0.5) is 0 Å². The second kappa shape index (κ2) is 7.01. The van der Waals surface area contributed by atoms with Crippen LogP contribution in [0.3, 0.4) is 0 Å². The first-order valence-electron chi connectivity index (χ1n) is 5.84.